The van der Waals surface area contributed by atoms with Crippen molar-refractivity contribution in [2.24, 2.45) is 5.92 Å². The maximum Gasteiger partial charge on any atom is 0.123 e. The molecule has 1 N–H and O–H groups in total. The van der Waals surface area contributed by atoms with Gasteiger partial charge in [-0.2, -0.15) is 5.10 Å². The molecule has 0 aliphatic carbocycles. The molecule has 0 unspecified atom stereocenters. The second kappa shape index (κ2) is 5.99. The van der Waals surface area contributed by atoms with Gasteiger partial charge in [0, 0.05) is 19.2 Å². The predicted molar refractivity (Wildman–Crippen MR) is 80.2 cm³/mol. The zero-order chi connectivity index (χ0) is 13.8. The van der Waals surface area contributed by atoms with Gasteiger partial charge in [0.2, 0.25) is 0 Å². The van der Waals surface area contributed by atoms with E-state index in [0.717, 1.165) is 30.6 Å². The highest BCUT2D eigenvalue weighted by Crippen LogP contribution is 2.25. The second-order valence-corrected chi connectivity index (χ2v) is 5.42. The molecule has 4 nitrogen and oxygen atoms in total. The Bertz CT molecular complexity index is 513. The number of anilines is 1. The van der Waals surface area contributed by atoms with Crippen LogP contribution in [-0.2, 0) is 6.42 Å². The monoisotopic (exact) mass is 271 g/mol. The van der Waals surface area contributed by atoms with E-state index in [1.807, 2.05) is 12.3 Å². The van der Waals surface area contributed by atoms with Crippen LogP contribution >= 0.6 is 0 Å². The Morgan fingerprint density at radius 1 is 1.20 bits per heavy atom. The lowest BCUT2D eigenvalue weighted by Gasteiger charge is -2.32. The van der Waals surface area contributed by atoms with E-state index in [-0.39, 0.29) is 0 Å². The van der Waals surface area contributed by atoms with Crippen LogP contribution in [0, 0.1) is 5.92 Å². The first-order valence-corrected chi connectivity index (χ1v) is 7.22. The predicted octanol–water partition coefficient (Wildman–Crippen LogP) is 2.88. The van der Waals surface area contributed by atoms with Gasteiger partial charge < -0.3 is 9.64 Å². The summed E-state index contributed by atoms with van der Waals surface area (Å²) in [5.74, 6) is 2.86. The molecule has 1 aliphatic rings. The van der Waals surface area contributed by atoms with Crippen molar-refractivity contribution in [3.8, 4) is 5.75 Å². The van der Waals surface area contributed by atoms with Gasteiger partial charge >= 0.3 is 0 Å². The minimum atomic E-state index is 0.780. The number of methoxy groups -OCH3 is 1. The molecule has 1 saturated heterocycles. The van der Waals surface area contributed by atoms with Crippen LogP contribution in [-0.4, -0.2) is 30.4 Å². The number of H-pyrrole nitrogens is 1. The molecule has 0 saturated carbocycles. The Kier molecular flexibility index (Phi) is 3.90. The normalized spacial score (nSPS) is 16.4. The van der Waals surface area contributed by atoms with Gasteiger partial charge in [-0.05, 0) is 42.9 Å². The van der Waals surface area contributed by atoms with E-state index in [4.69, 9.17) is 4.74 Å². The third kappa shape index (κ3) is 2.95. The SMILES string of the molecule is COc1ccc(CC2CCN(c3ccn[nH]3)CC2)cc1. The van der Waals surface area contributed by atoms with Gasteiger partial charge in [-0.1, -0.05) is 12.1 Å². The molecule has 4 heteroatoms. The number of benzene rings is 1. The summed E-state index contributed by atoms with van der Waals surface area (Å²) < 4.78 is 5.20. The molecule has 2 heterocycles. The number of ether oxygens (including phenoxy) is 1. The number of piperidine rings is 1. The van der Waals surface area contributed by atoms with Crippen LogP contribution < -0.4 is 9.64 Å². The van der Waals surface area contributed by atoms with Gasteiger partial charge in [0.25, 0.3) is 0 Å². The minimum Gasteiger partial charge on any atom is -0.497 e. The van der Waals surface area contributed by atoms with Crippen LogP contribution in [0.1, 0.15) is 18.4 Å². The lowest BCUT2D eigenvalue weighted by atomic mass is 9.90. The van der Waals surface area contributed by atoms with Crippen molar-refractivity contribution in [2.45, 2.75) is 19.3 Å². The third-order valence-electron chi connectivity index (χ3n) is 4.12. The van der Waals surface area contributed by atoms with Crippen LogP contribution in [0.2, 0.25) is 0 Å². The molecular weight excluding hydrogens is 250 g/mol. The van der Waals surface area contributed by atoms with Crippen molar-refractivity contribution in [1.82, 2.24) is 10.2 Å². The van der Waals surface area contributed by atoms with Crippen molar-refractivity contribution < 1.29 is 4.74 Å². The summed E-state index contributed by atoms with van der Waals surface area (Å²) in [7, 11) is 1.71. The van der Waals surface area contributed by atoms with Crippen LogP contribution in [0.4, 0.5) is 5.82 Å². The molecular formula is C16H21N3O. The smallest absolute Gasteiger partial charge is 0.123 e. The molecule has 0 bridgehead atoms. The molecule has 0 atom stereocenters. The highest BCUT2D eigenvalue weighted by Gasteiger charge is 2.20. The summed E-state index contributed by atoms with van der Waals surface area (Å²) in [5.41, 5.74) is 1.41. The quantitative estimate of drug-likeness (QED) is 0.929. The highest BCUT2D eigenvalue weighted by atomic mass is 16.5. The van der Waals surface area contributed by atoms with Gasteiger partial charge in [0.15, 0.2) is 0 Å². The second-order valence-electron chi connectivity index (χ2n) is 5.42. The summed E-state index contributed by atoms with van der Waals surface area (Å²) in [6.45, 7) is 2.23. The molecule has 1 fully saturated rings. The topological polar surface area (TPSA) is 41.1 Å². The average Bonchev–Trinajstić information content (AvgIpc) is 3.03. The van der Waals surface area contributed by atoms with E-state index >= 15 is 0 Å². The molecule has 0 spiro atoms. The van der Waals surface area contributed by atoms with Gasteiger partial charge in [-0.25, -0.2) is 0 Å². The summed E-state index contributed by atoms with van der Waals surface area (Å²) >= 11 is 0. The van der Waals surface area contributed by atoms with Gasteiger partial charge in [-0.3, -0.25) is 5.10 Å². The zero-order valence-electron chi connectivity index (χ0n) is 11.9. The number of hydrogen-bond donors (Lipinski definition) is 1. The van der Waals surface area contributed by atoms with E-state index in [2.05, 4.69) is 39.4 Å². The Hall–Kier alpha value is -1.97. The maximum atomic E-state index is 5.20. The molecule has 0 amide bonds. The van der Waals surface area contributed by atoms with Crippen molar-refractivity contribution in [3.63, 3.8) is 0 Å². The molecule has 106 valence electrons. The fourth-order valence-corrected chi connectivity index (χ4v) is 2.90. The minimum absolute atomic E-state index is 0.780. The maximum absolute atomic E-state index is 5.20. The molecule has 2 aromatic rings. The van der Waals surface area contributed by atoms with E-state index in [9.17, 15) is 0 Å². The number of nitrogens with one attached hydrogen (secondary N) is 1. The number of aromatic nitrogens is 2. The zero-order valence-corrected chi connectivity index (χ0v) is 11.9. The number of nitrogens with zero attached hydrogens (tertiary/aromatic N) is 2. The lowest BCUT2D eigenvalue weighted by molar-refractivity contribution is 0.400. The Morgan fingerprint density at radius 2 is 1.95 bits per heavy atom. The molecule has 1 aromatic heterocycles. The average molecular weight is 271 g/mol. The fourth-order valence-electron chi connectivity index (χ4n) is 2.90. The number of hydrogen-bond acceptors (Lipinski definition) is 3. The molecule has 20 heavy (non-hydrogen) atoms. The lowest BCUT2D eigenvalue weighted by Crippen LogP contribution is -2.34. The van der Waals surface area contributed by atoms with Crippen molar-refractivity contribution in [3.05, 3.63) is 42.1 Å². The first-order valence-electron chi connectivity index (χ1n) is 7.22. The molecule has 1 aliphatic heterocycles. The first-order chi connectivity index (χ1) is 9.85. The van der Waals surface area contributed by atoms with Crippen LogP contribution in [0.15, 0.2) is 36.5 Å². The van der Waals surface area contributed by atoms with Crippen molar-refractivity contribution in [2.75, 3.05) is 25.1 Å². The summed E-state index contributed by atoms with van der Waals surface area (Å²) in [6, 6.07) is 10.5. The van der Waals surface area contributed by atoms with Crippen LogP contribution in [0.3, 0.4) is 0 Å². The Balaban J connectivity index is 1.53. The summed E-state index contributed by atoms with van der Waals surface area (Å²) in [4.78, 5) is 2.39. The number of aromatic amines is 1. The highest BCUT2D eigenvalue weighted by molar-refractivity contribution is 5.37. The Morgan fingerprint density at radius 3 is 2.55 bits per heavy atom. The van der Waals surface area contributed by atoms with Crippen LogP contribution in [0.5, 0.6) is 5.75 Å². The first kappa shape index (κ1) is 13.0. The molecule has 3 rings (SSSR count). The van der Waals surface area contributed by atoms with Gasteiger partial charge in [-0.15, -0.1) is 0 Å². The van der Waals surface area contributed by atoms with E-state index in [0.29, 0.717) is 0 Å². The van der Waals surface area contributed by atoms with Gasteiger partial charge in [0.1, 0.15) is 11.6 Å². The molecule has 1 aromatic carbocycles. The number of rotatable bonds is 4. The fraction of sp³-hybridized carbons (Fsp3) is 0.438. The third-order valence-corrected chi connectivity index (χ3v) is 4.12. The molecule has 0 radical (unpaired) electrons. The Labute approximate surface area is 119 Å². The van der Waals surface area contributed by atoms with E-state index in [1.165, 1.54) is 24.8 Å². The van der Waals surface area contributed by atoms with E-state index < -0.39 is 0 Å². The van der Waals surface area contributed by atoms with Crippen molar-refractivity contribution >= 4 is 5.82 Å². The summed E-state index contributed by atoms with van der Waals surface area (Å²) in [6.07, 6.45) is 5.47. The van der Waals surface area contributed by atoms with Gasteiger partial charge in [0.05, 0.1) is 13.3 Å². The standard InChI is InChI=1S/C16H21N3O/c1-20-15-4-2-13(3-5-15)12-14-7-10-19(11-8-14)16-6-9-17-18-16/h2-6,9,14H,7-8,10-12H2,1H3,(H,17,18). The van der Waals surface area contributed by atoms with Crippen LogP contribution in [0.25, 0.3) is 0 Å². The van der Waals surface area contributed by atoms with Crippen molar-refractivity contribution in [1.29, 1.82) is 0 Å². The largest absolute Gasteiger partial charge is 0.497 e. The van der Waals surface area contributed by atoms with E-state index in [1.54, 1.807) is 7.11 Å². The summed E-state index contributed by atoms with van der Waals surface area (Å²) in [5, 5.41) is 7.07.